The van der Waals surface area contributed by atoms with E-state index in [1.807, 2.05) is 6.92 Å². The molecule has 1 aliphatic heterocycles. The Kier molecular flexibility index (Phi) is 14.0. The lowest BCUT2D eigenvalue weighted by Crippen LogP contribution is -2.33. The lowest BCUT2D eigenvalue weighted by Gasteiger charge is -2.30. The lowest BCUT2D eigenvalue weighted by atomic mass is 9.84. The highest BCUT2D eigenvalue weighted by molar-refractivity contribution is 5.85. The third-order valence-electron chi connectivity index (χ3n) is 7.60. The summed E-state index contributed by atoms with van der Waals surface area (Å²) in [6.07, 6.45) is 7.09. The highest BCUT2D eigenvalue weighted by Gasteiger charge is 2.47. The minimum Gasteiger partial charge on any atom is -0.469 e. The number of carbonyl (C=O) groups excluding carboxylic acids is 3. The minimum absolute atomic E-state index is 0.0878. The van der Waals surface area contributed by atoms with E-state index in [-0.39, 0.29) is 55.1 Å². The van der Waals surface area contributed by atoms with Crippen LogP contribution in [0.1, 0.15) is 110 Å². The van der Waals surface area contributed by atoms with Crippen LogP contribution in [-0.2, 0) is 33.3 Å². The SMILES string of the molecule is CCCCC(F)(F)C(=O)CC[C@H]1C(OC2CCCCO2)CC(OC(C)=O)C1CCCCCCC(=O)OC. The molecule has 1 aliphatic carbocycles. The van der Waals surface area contributed by atoms with E-state index in [4.69, 9.17) is 14.2 Å². The van der Waals surface area contributed by atoms with Gasteiger partial charge in [-0.15, -0.1) is 0 Å². The Morgan fingerprint density at radius 3 is 2.32 bits per heavy atom. The molecule has 1 saturated carbocycles. The average Bonchev–Trinajstić information content (AvgIpc) is 3.18. The molecule has 2 fully saturated rings. The Labute approximate surface area is 220 Å². The summed E-state index contributed by atoms with van der Waals surface area (Å²) in [5.41, 5.74) is 0. The van der Waals surface area contributed by atoms with E-state index < -0.39 is 18.1 Å². The van der Waals surface area contributed by atoms with Gasteiger partial charge in [-0.2, -0.15) is 8.78 Å². The number of halogens is 2. The summed E-state index contributed by atoms with van der Waals surface area (Å²) in [5, 5.41) is 0. The Balaban J connectivity index is 2.07. The maximum absolute atomic E-state index is 14.4. The van der Waals surface area contributed by atoms with Crippen LogP contribution in [0.2, 0.25) is 0 Å². The zero-order chi connectivity index (χ0) is 27.3. The van der Waals surface area contributed by atoms with Crippen molar-refractivity contribution in [2.75, 3.05) is 13.7 Å². The predicted molar refractivity (Wildman–Crippen MR) is 134 cm³/mol. The molecule has 2 rings (SSSR count). The first kappa shape index (κ1) is 31.6. The van der Waals surface area contributed by atoms with E-state index >= 15 is 0 Å². The fourth-order valence-electron chi connectivity index (χ4n) is 5.57. The minimum atomic E-state index is -3.32. The van der Waals surface area contributed by atoms with Crippen molar-refractivity contribution in [1.82, 2.24) is 0 Å². The number of esters is 2. The molecular weight excluding hydrogens is 486 g/mol. The number of Topliss-reactive ketones (excluding diaryl/α,β-unsaturated/α-hetero) is 1. The number of ether oxygens (including phenoxy) is 4. The van der Waals surface area contributed by atoms with Gasteiger partial charge < -0.3 is 18.9 Å². The van der Waals surface area contributed by atoms with Gasteiger partial charge in [-0.3, -0.25) is 14.4 Å². The topological polar surface area (TPSA) is 88.1 Å². The third kappa shape index (κ3) is 11.0. The molecule has 0 N–H and O–H groups in total. The van der Waals surface area contributed by atoms with Crippen molar-refractivity contribution < 1.29 is 42.1 Å². The molecule has 4 unspecified atom stereocenters. The Hall–Kier alpha value is -1.61. The molecule has 2 aliphatic rings. The van der Waals surface area contributed by atoms with Crippen LogP contribution in [0.15, 0.2) is 0 Å². The molecule has 37 heavy (non-hydrogen) atoms. The molecule has 5 atom stereocenters. The van der Waals surface area contributed by atoms with Crippen LogP contribution < -0.4 is 0 Å². The number of alkyl halides is 2. The molecule has 7 nitrogen and oxygen atoms in total. The van der Waals surface area contributed by atoms with Crippen molar-refractivity contribution in [2.45, 2.75) is 135 Å². The van der Waals surface area contributed by atoms with Gasteiger partial charge in [-0.05, 0) is 50.9 Å². The summed E-state index contributed by atoms with van der Waals surface area (Å²) in [4.78, 5) is 35.7. The molecular formula is C28H46F2O7. The molecule has 0 radical (unpaired) electrons. The Morgan fingerprint density at radius 2 is 1.68 bits per heavy atom. The summed E-state index contributed by atoms with van der Waals surface area (Å²) in [5.74, 6) is -5.22. The van der Waals surface area contributed by atoms with Crippen LogP contribution in [0.3, 0.4) is 0 Å². The van der Waals surface area contributed by atoms with E-state index in [0.717, 1.165) is 51.4 Å². The van der Waals surface area contributed by atoms with E-state index in [2.05, 4.69) is 4.74 Å². The summed E-state index contributed by atoms with van der Waals surface area (Å²) < 4.78 is 51.2. The first-order valence-corrected chi connectivity index (χ1v) is 14.1. The number of unbranched alkanes of at least 4 members (excludes halogenated alkanes) is 4. The van der Waals surface area contributed by atoms with Gasteiger partial charge in [-0.25, -0.2) is 0 Å². The molecule has 0 aromatic carbocycles. The van der Waals surface area contributed by atoms with E-state index in [0.29, 0.717) is 32.3 Å². The van der Waals surface area contributed by atoms with Crippen molar-refractivity contribution in [2.24, 2.45) is 11.8 Å². The number of methoxy groups -OCH3 is 1. The zero-order valence-corrected chi connectivity index (χ0v) is 22.8. The summed E-state index contributed by atoms with van der Waals surface area (Å²) in [7, 11) is 1.37. The van der Waals surface area contributed by atoms with Crippen molar-refractivity contribution in [1.29, 1.82) is 0 Å². The largest absolute Gasteiger partial charge is 0.469 e. The molecule has 0 bridgehead atoms. The van der Waals surface area contributed by atoms with Crippen LogP contribution in [0.4, 0.5) is 8.78 Å². The number of ketones is 1. The van der Waals surface area contributed by atoms with E-state index in [1.54, 1.807) is 0 Å². The number of hydrogen-bond acceptors (Lipinski definition) is 7. The van der Waals surface area contributed by atoms with Gasteiger partial charge in [0.1, 0.15) is 6.10 Å². The lowest BCUT2D eigenvalue weighted by molar-refractivity contribution is -0.196. The normalized spacial score (nSPS) is 26.1. The summed E-state index contributed by atoms with van der Waals surface area (Å²) in [6.45, 7) is 3.81. The molecule has 0 amide bonds. The second kappa shape index (κ2) is 16.4. The zero-order valence-electron chi connectivity index (χ0n) is 22.8. The standard InChI is InChI=1S/C28H46F2O7/c1-4-5-17-28(29,30)25(32)16-15-22-21(12-8-6-7-9-13-26(33)34-3)23(36-20(2)31)19-24(22)37-27-14-10-11-18-35-27/h21-24,27H,4-19H2,1-3H3/t21?,22-,23?,24?,27?/m1/s1. The van der Waals surface area contributed by atoms with Gasteiger partial charge in [-0.1, -0.05) is 32.6 Å². The molecule has 0 spiro atoms. The number of hydrogen-bond donors (Lipinski definition) is 0. The van der Waals surface area contributed by atoms with Gasteiger partial charge in [0.25, 0.3) is 0 Å². The fourth-order valence-corrected chi connectivity index (χ4v) is 5.57. The fraction of sp³-hybridized carbons (Fsp3) is 0.893. The van der Waals surface area contributed by atoms with Crippen LogP contribution in [0.5, 0.6) is 0 Å². The highest BCUT2D eigenvalue weighted by atomic mass is 19.3. The maximum Gasteiger partial charge on any atom is 0.305 e. The van der Waals surface area contributed by atoms with Crippen molar-refractivity contribution in [3.63, 3.8) is 0 Å². The molecule has 9 heteroatoms. The van der Waals surface area contributed by atoms with Gasteiger partial charge in [0, 0.05) is 45.1 Å². The molecule has 0 aromatic heterocycles. The van der Waals surface area contributed by atoms with Crippen molar-refractivity contribution in [3.8, 4) is 0 Å². The van der Waals surface area contributed by atoms with Crippen molar-refractivity contribution >= 4 is 17.7 Å². The van der Waals surface area contributed by atoms with Crippen LogP contribution in [0.25, 0.3) is 0 Å². The average molecular weight is 533 g/mol. The van der Waals surface area contributed by atoms with Crippen LogP contribution in [0, 0.1) is 11.8 Å². The van der Waals surface area contributed by atoms with Crippen LogP contribution in [-0.4, -0.2) is 55.9 Å². The van der Waals surface area contributed by atoms with Gasteiger partial charge in [0.15, 0.2) is 6.29 Å². The first-order valence-electron chi connectivity index (χ1n) is 14.1. The van der Waals surface area contributed by atoms with E-state index in [9.17, 15) is 23.2 Å². The second-order valence-corrected chi connectivity index (χ2v) is 10.5. The smallest absolute Gasteiger partial charge is 0.305 e. The molecule has 214 valence electrons. The molecule has 1 heterocycles. The maximum atomic E-state index is 14.4. The monoisotopic (exact) mass is 532 g/mol. The Morgan fingerprint density at radius 1 is 0.946 bits per heavy atom. The molecule has 1 saturated heterocycles. The van der Waals surface area contributed by atoms with Crippen LogP contribution >= 0.6 is 0 Å². The number of rotatable bonds is 17. The van der Waals surface area contributed by atoms with E-state index in [1.165, 1.54) is 14.0 Å². The first-order chi connectivity index (χ1) is 17.7. The van der Waals surface area contributed by atoms with Crippen molar-refractivity contribution in [3.05, 3.63) is 0 Å². The Bertz CT molecular complexity index is 709. The quantitative estimate of drug-likeness (QED) is 0.164. The third-order valence-corrected chi connectivity index (χ3v) is 7.60. The highest BCUT2D eigenvalue weighted by Crippen LogP contribution is 2.43. The van der Waals surface area contributed by atoms with Gasteiger partial charge in [0.2, 0.25) is 5.78 Å². The molecule has 0 aromatic rings. The predicted octanol–water partition coefficient (Wildman–Crippen LogP) is 6.15. The van der Waals surface area contributed by atoms with Gasteiger partial charge >= 0.3 is 17.9 Å². The summed E-state index contributed by atoms with van der Waals surface area (Å²) in [6, 6.07) is 0. The number of carbonyl (C=O) groups is 3. The second-order valence-electron chi connectivity index (χ2n) is 10.5. The van der Waals surface area contributed by atoms with Gasteiger partial charge in [0.05, 0.1) is 13.2 Å². The summed E-state index contributed by atoms with van der Waals surface area (Å²) >= 11 is 0.